The van der Waals surface area contributed by atoms with Crippen LogP contribution in [0.4, 0.5) is 5.69 Å². The number of ether oxygens (including phenoxy) is 2. The summed E-state index contributed by atoms with van der Waals surface area (Å²) >= 11 is 0. The van der Waals surface area contributed by atoms with Gasteiger partial charge in [0.25, 0.3) is 11.8 Å². The number of rotatable bonds is 9. The number of hydrazone groups is 1. The van der Waals surface area contributed by atoms with Gasteiger partial charge in [-0.05, 0) is 68.7 Å². The SMILES string of the molecule is CCCCOc1ccc(NC(=O)c2oc3c(c2C)/C(=N/NC(=O)c2cccc(OC)c2)CCC3)cc1. The van der Waals surface area contributed by atoms with Crippen LogP contribution >= 0.6 is 0 Å². The van der Waals surface area contributed by atoms with Crippen LogP contribution in [0.1, 0.15) is 70.4 Å². The van der Waals surface area contributed by atoms with Gasteiger partial charge in [-0.1, -0.05) is 19.4 Å². The molecule has 2 amide bonds. The van der Waals surface area contributed by atoms with E-state index in [2.05, 4.69) is 22.8 Å². The molecule has 2 N–H and O–H groups in total. The molecule has 4 rings (SSSR count). The second kappa shape index (κ2) is 11.6. The molecule has 0 atom stereocenters. The van der Waals surface area contributed by atoms with Gasteiger partial charge in [-0.25, -0.2) is 5.43 Å². The maximum absolute atomic E-state index is 13.0. The molecule has 2 aromatic carbocycles. The Hall–Kier alpha value is -4.07. The van der Waals surface area contributed by atoms with Gasteiger partial charge in [-0.3, -0.25) is 9.59 Å². The van der Waals surface area contributed by atoms with Gasteiger partial charge in [0.05, 0.1) is 19.4 Å². The molecule has 0 radical (unpaired) electrons. The van der Waals surface area contributed by atoms with Gasteiger partial charge in [-0.2, -0.15) is 5.10 Å². The third-order valence-corrected chi connectivity index (χ3v) is 6.04. The molecule has 188 valence electrons. The second-order valence-corrected chi connectivity index (χ2v) is 8.62. The highest BCUT2D eigenvalue weighted by atomic mass is 16.5. The molecular weight excluding hydrogens is 458 g/mol. The van der Waals surface area contributed by atoms with E-state index in [4.69, 9.17) is 13.9 Å². The van der Waals surface area contributed by atoms with E-state index in [9.17, 15) is 9.59 Å². The van der Waals surface area contributed by atoms with Crippen molar-refractivity contribution in [3.05, 3.63) is 76.7 Å². The minimum atomic E-state index is -0.338. The summed E-state index contributed by atoms with van der Waals surface area (Å²) in [5.74, 6) is 1.64. The molecule has 0 saturated heterocycles. The Morgan fingerprint density at radius 2 is 1.86 bits per heavy atom. The second-order valence-electron chi connectivity index (χ2n) is 8.62. The monoisotopic (exact) mass is 489 g/mol. The summed E-state index contributed by atoms with van der Waals surface area (Å²) < 4.78 is 16.8. The first-order valence-corrected chi connectivity index (χ1v) is 12.2. The Morgan fingerprint density at radius 3 is 2.61 bits per heavy atom. The lowest BCUT2D eigenvalue weighted by atomic mass is 9.93. The van der Waals surface area contributed by atoms with Gasteiger partial charge in [0, 0.05) is 28.8 Å². The van der Waals surface area contributed by atoms with E-state index in [0.717, 1.165) is 30.6 Å². The minimum Gasteiger partial charge on any atom is -0.497 e. The van der Waals surface area contributed by atoms with Crippen LogP contribution < -0.4 is 20.2 Å². The average Bonchev–Trinajstić information content (AvgIpc) is 3.25. The van der Waals surface area contributed by atoms with Gasteiger partial charge in [0.2, 0.25) is 0 Å². The summed E-state index contributed by atoms with van der Waals surface area (Å²) in [6, 6.07) is 14.1. The number of nitrogens with one attached hydrogen (secondary N) is 2. The number of amides is 2. The van der Waals surface area contributed by atoms with E-state index in [0.29, 0.717) is 53.5 Å². The summed E-state index contributed by atoms with van der Waals surface area (Å²) in [7, 11) is 1.55. The van der Waals surface area contributed by atoms with Crippen LogP contribution in [0.2, 0.25) is 0 Å². The quantitative estimate of drug-likeness (QED) is 0.305. The van der Waals surface area contributed by atoms with Crippen LogP contribution in [0.25, 0.3) is 0 Å². The molecule has 0 aliphatic heterocycles. The number of nitrogens with zero attached hydrogens (tertiary/aromatic N) is 1. The maximum atomic E-state index is 13.0. The first-order valence-electron chi connectivity index (χ1n) is 12.2. The molecule has 1 aliphatic rings. The van der Waals surface area contributed by atoms with E-state index < -0.39 is 0 Å². The van der Waals surface area contributed by atoms with E-state index in [1.54, 1.807) is 43.5 Å². The van der Waals surface area contributed by atoms with Gasteiger partial charge in [0.1, 0.15) is 17.3 Å². The summed E-state index contributed by atoms with van der Waals surface area (Å²) in [5, 5.41) is 7.28. The Bertz CT molecular complexity index is 1260. The first-order chi connectivity index (χ1) is 17.5. The maximum Gasteiger partial charge on any atom is 0.291 e. The number of aryl methyl sites for hydroxylation is 1. The number of fused-ring (bicyclic) bond motifs is 1. The molecular formula is C28H31N3O5. The molecule has 8 heteroatoms. The van der Waals surface area contributed by atoms with E-state index in [1.807, 2.05) is 19.1 Å². The third kappa shape index (κ3) is 5.76. The van der Waals surface area contributed by atoms with Crippen molar-refractivity contribution in [1.82, 2.24) is 5.43 Å². The normalized spacial score (nSPS) is 13.7. The Morgan fingerprint density at radius 1 is 1.06 bits per heavy atom. The van der Waals surface area contributed by atoms with Crippen LogP contribution in [0.5, 0.6) is 11.5 Å². The molecule has 36 heavy (non-hydrogen) atoms. The number of furan rings is 1. The Balaban J connectivity index is 1.47. The number of carbonyl (C=O) groups is 2. The standard InChI is InChI=1S/C28H31N3O5/c1-4-5-16-35-21-14-12-20(13-15-21)29-28(33)26-18(2)25-23(10-7-11-24(25)36-26)30-31-27(32)19-8-6-9-22(17-19)34-3/h6,8-9,12-15,17H,4-5,7,10-11,16H2,1-3H3,(H,29,33)(H,31,32)/b30-23+. The van der Waals surface area contributed by atoms with Gasteiger partial charge in [-0.15, -0.1) is 0 Å². The molecule has 0 unspecified atom stereocenters. The fourth-order valence-electron chi connectivity index (χ4n) is 4.10. The highest BCUT2D eigenvalue weighted by Crippen LogP contribution is 2.30. The molecule has 0 fully saturated rings. The van der Waals surface area contributed by atoms with Crippen LogP contribution in [0.3, 0.4) is 0 Å². The molecule has 0 saturated carbocycles. The van der Waals surface area contributed by atoms with Crippen molar-refractivity contribution in [2.75, 3.05) is 19.0 Å². The van der Waals surface area contributed by atoms with E-state index in [1.165, 1.54) is 0 Å². The topological polar surface area (TPSA) is 102 Å². The molecule has 1 aromatic heterocycles. The molecule has 0 bridgehead atoms. The number of methoxy groups -OCH3 is 1. The van der Waals surface area contributed by atoms with Crippen molar-refractivity contribution in [2.45, 2.75) is 46.0 Å². The van der Waals surface area contributed by atoms with Gasteiger partial charge < -0.3 is 19.2 Å². The highest BCUT2D eigenvalue weighted by Gasteiger charge is 2.28. The molecule has 3 aromatic rings. The van der Waals surface area contributed by atoms with E-state index >= 15 is 0 Å². The van der Waals surface area contributed by atoms with Gasteiger partial charge >= 0.3 is 0 Å². The van der Waals surface area contributed by atoms with Crippen molar-refractivity contribution in [3.63, 3.8) is 0 Å². The summed E-state index contributed by atoms with van der Waals surface area (Å²) in [6.45, 7) is 4.62. The third-order valence-electron chi connectivity index (χ3n) is 6.04. The van der Waals surface area contributed by atoms with Crippen LogP contribution in [0, 0.1) is 6.92 Å². The zero-order valence-corrected chi connectivity index (χ0v) is 20.8. The number of unbranched alkanes of at least 4 members (excludes halogenated alkanes) is 1. The fourth-order valence-corrected chi connectivity index (χ4v) is 4.10. The van der Waals surface area contributed by atoms with Crippen molar-refractivity contribution >= 4 is 23.2 Å². The van der Waals surface area contributed by atoms with Crippen LogP contribution in [0.15, 0.2) is 58.0 Å². The fraction of sp³-hybridized carbons (Fsp3) is 0.321. The largest absolute Gasteiger partial charge is 0.497 e. The zero-order valence-electron chi connectivity index (χ0n) is 20.8. The number of hydrogen-bond donors (Lipinski definition) is 2. The lowest BCUT2D eigenvalue weighted by Gasteiger charge is -2.13. The zero-order chi connectivity index (χ0) is 25.5. The molecule has 0 spiro atoms. The summed E-state index contributed by atoms with van der Waals surface area (Å²) in [5.41, 5.74) is 5.91. The summed E-state index contributed by atoms with van der Waals surface area (Å²) in [4.78, 5) is 25.6. The van der Waals surface area contributed by atoms with Crippen LogP contribution in [-0.4, -0.2) is 31.2 Å². The van der Waals surface area contributed by atoms with Crippen molar-refractivity contribution in [2.24, 2.45) is 5.10 Å². The number of carbonyl (C=O) groups excluding carboxylic acids is 2. The predicted octanol–water partition coefficient (Wildman–Crippen LogP) is 5.50. The van der Waals surface area contributed by atoms with Gasteiger partial charge in [0.15, 0.2) is 5.76 Å². The average molecular weight is 490 g/mol. The lowest BCUT2D eigenvalue weighted by molar-refractivity contribution is 0.0953. The smallest absolute Gasteiger partial charge is 0.291 e. The predicted molar refractivity (Wildman–Crippen MR) is 138 cm³/mol. The van der Waals surface area contributed by atoms with Crippen molar-refractivity contribution in [3.8, 4) is 11.5 Å². The number of benzene rings is 2. The molecule has 1 aliphatic carbocycles. The minimum absolute atomic E-state index is 0.247. The summed E-state index contributed by atoms with van der Waals surface area (Å²) in [6.07, 6.45) is 4.26. The highest BCUT2D eigenvalue weighted by molar-refractivity contribution is 6.09. The van der Waals surface area contributed by atoms with E-state index in [-0.39, 0.29) is 17.6 Å². The van der Waals surface area contributed by atoms with Crippen molar-refractivity contribution < 1.29 is 23.5 Å². The number of hydrogen-bond acceptors (Lipinski definition) is 6. The molecule has 1 heterocycles. The van der Waals surface area contributed by atoms with Crippen molar-refractivity contribution in [1.29, 1.82) is 0 Å². The lowest BCUT2D eigenvalue weighted by Crippen LogP contribution is -2.22. The molecule has 8 nitrogen and oxygen atoms in total. The van der Waals surface area contributed by atoms with Crippen LogP contribution in [-0.2, 0) is 6.42 Å². The Labute approximate surface area is 210 Å². The number of anilines is 1. The first kappa shape index (κ1) is 25.0. The Kier molecular flexibility index (Phi) is 8.05.